The number of carbonyl (C=O) groups excluding carboxylic acids is 4. The lowest BCUT2D eigenvalue weighted by Gasteiger charge is -2.48. The van der Waals surface area contributed by atoms with Crippen molar-refractivity contribution in [3.63, 3.8) is 0 Å². The minimum atomic E-state index is -0.699. The number of amides is 4. The lowest BCUT2D eigenvalue weighted by Crippen LogP contribution is -2.62. The Morgan fingerprint density at radius 3 is 2.69 bits per heavy atom. The standard InChI is InChI=1S/C27H38N4O5/c1-26(2,3)36-25(35)28-17-19-9-7-15-29(18-19)22(32)12-8-16-30-24(34)20-10-5-6-11-21(20)31-23(33)13-14-27(30,31)4/h5-6,10-11,19H,7-9,12-18H2,1-4H3,(H,28,35)/t19-,27-/m0/s1. The van der Waals surface area contributed by atoms with Gasteiger partial charge in [0.1, 0.15) is 11.3 Å². The number of benzene rings is 1. The van der Waals surface area contributed by atoms with E-state index in [4.69, 9.17) is 4.74 Å². The summed E-state index contributed by atoms with van der Waals surface area (Å²) in [5.74, 6) is 0.189. The maximum Gasteiger partial charge on any atom is 0.407 e. The molecule has 3 aliphatic rings. The van der Waals surface area contributed by atoms with E-state index in [9.17, 15) is 19.2 Å². The van der Waals surface area contributed by atoms with Crippen LogP contribution < -0.4 is 10.2 Å². The van der Waals surface area contributed by atoms with Crippen LogP contribution in [0.1, 0.15) is 76.6 Å². The van der Waals surface area contributed by atoms with Gasteiger partial charge in [0, 0.05) is 39.0 Å². The van der Waals surface area contributed by atoms with Crippen LogP contribution in [0.3, 0.4) is 0 Å². The van der Waals surface area contributed by atoms with Crippen LogP contribution in [-0.2, 0) is 14.3 Å². The van der Waals surface area contributed by atoms with Crippen LogP contribution >= 0.6 is 0 Å². The highest BCUT2D eigenvalue weighted by Gasteiger charge is 2.52. The van der Waals surface area contributed by atoms with Crippen molar-refractivity contribution >= 4 is 29.5 Å². The smallest absolute Gasteiger partial charge is 0.407 e. The molecule has 0 bridgehead atoms. The second kappa shape index (κ2) is 10.1. The third kappa shape index (κ3) is 5.34. The molecule has 2 atom stereocenters. The molecule has 1 N–H and O–H groups in total. The first-order chi connectivity index (χ1) is 17.0. The van der Waals surface area contributed by atoms with Crippen LogP contribution in [0.5, 0.6) is 0 Å². The topological polar surface area (TPSA) is 99.3 Å². The van der Waals surface area contributed by atoms with Gasteiger partial charge in [0.15, 0.2) is 0 Å². The van der Waals surface area contributed by atoms with E-state index in [1.807, 2.05) is 50.8 Å². The number of para-hydroxylation sites is 1. The summed E-state index contributed by atoms with van der Waals surface area (Å²) in [7, 11) is 0. The Balaban J connectivity index is 1.31. The van der Waals surface area contributed by atoms with Gasteiger partial charge in [-0.1, -0.05) is 12.1 Å². The maximum atomic E-state index is 13.4. The minimum Gasteiger partial charge on any atom is -0.444 e. The Kier molecular flexibility index (Phi) is 7.29. The largest absolute Gasteiger partial charge is 0.444 e. The molecule has 1 aromatic rings. The van der Waals surface area contributed by atoms with Crippen molar-refractivity contribution in [2.24, 2.45) is 5.92 Å². The zero-order valence-corrected chi connectivity index (χ0v) is 21.8. The van der Waals surface area contributed by atoms with Gasteiger partial charge in [-0.15, -0.1) is 0 Å². The number of anilines is 1. The quantitative estimate of drug-likeness (QED) is 0.647. The van der Waals surface area contributed by atoms with Crippen LogP contribution in [0.4, 0.5) is 10.5 Å². The molecular weight excluding hydrogens is 460 g/mol. The first kappa shape index (κ1) is 26.0. The Bertz CT molecular complexity index is 1040. The third-order valence-electron chi connectivity index (χ3n) is 7.32. The fourth-order valence-electron chi connectivity index (χ4n) is 5.59. The van der Waals surface area contributed by atoms with Gasteiger partial charge in [-0.3, -0.25) is 19.3 Å². The second-order valence-electron chi connectivity index (χ2n) is 11.3. The summed E-state index contributed by atoms with van der Waals surface area (Å²) in [6.45, 7) is 9.62. The van der Waals surface area contributed by atoms with E-state index in [-0.39, 0.29) is 23.6 Å². The molecule has 2 saturated heterocycles. The summed E-state index contributed by atoms with van der Waals surface area (Å²) in [4.78, 5) is 56.4. The lowest BCUT2D eigenvalue weighted by atomic mass is 9.97. The summed E-state index contributed by atoms with van der Waals surface area (Å²) < 4.78 is 5.30. The summed E-state index contributed by atoms with van der Waals surface area (Å²) in [6.07, 6.45) is 3.25. The Hall–Kier alpha value is -3.10. The SMILES string of the molecule is CC(C)(C)OC(=O)NC[C@@H]1CCCN(C(=O)CCCN2C(=O)c3ccccc3N3C(=O)CC[C@@]23C)C1. The summed E-state index contributed by atoms with van der Waals surface area (Å²) >= 11 is 0. The van der Waals surface area contributed by atoms with Crippen molar-refractivity contribution in [1.82, 2.24) is 15.1 Å². The molecule has 3 heterocycles. The third-order valence-corrected chi connectivity index (χ3v) is 7.32. The van der Waals surface area contributed by atoms with Crippen molar-refractivity contribution in [1.29, 1.82) is 0 Å². The molecule has 0 aliphatic carbocycles. The molecule has 0 spiro atoms. The molecule has 2 fully saturated rings. The molecular formula is C27H38N4O5. The van der Waals surface area contributed by atoms with Gasteiger partial charge in [0.2, 0.25) is 11.8 Å². The van der Waals surface area contributed by atoms with Gasteiger partial charge in [-0.25, -0.2) is 4.79 Å². The molecule has 0 unspecified atom stereocenters. The van der Waals surface area contributed by atoms with Gasteiger partial charge >= 0.3 is 6.09 Å². The molecule has 196 valence electrons. The molecule has 1 aromatic carbocycles. The first-order valence-electron chi connectivity index (χ1n) is 13.0. The zero-order chi connectivity index (χ0) is 26.1. The lowest BCUT2D eigenvalue weighted by molar-refractivity contribution is -0.133. The first-order valence-corrected chi connectivity index (χ1v) is 13.0. The van der Waals surface area contributed by atoms with Gasteiger partial charge in [0.25, 0.3) is 5.91 Å². The fraction of sp³-hybridized carbons (Fsp3) is 0.630. The van der Waals surface area contributed by atoms with E-state index in [2.05, 4.69) is 5.32 Å². The summed E-state index contributed by atoms with van der Waals surface area (Å²) in [5.41, 5.74) is -0.0297. The van der Waals surface area contributed by atoms with Crippen molar-refractivity contribution in [3.8, 4) is 0 Å². The average Bonchev–Trinajstić information content (AvgIpc) is 3.14. The maximum absolute atomic E-state index is 13.4. The Morgan fingerprint density at radius 1 is 1.19 bits per heavy atom. The number of hydrogen-bond donors (Lipinski definition) is 1. The number of piperidine rings is 1. The predicted molar refractivity (Wildman–Crippen MR) is 135 cm³/mol. The Morgan fingerprint density at radius 2 is 1.94 bits per heavy atom. The van der Waals surface area contributed by atoms with Crippen molar-refractivity contribution in [3.05, 3.63) is 29.8 Å². The van der Waals surface area contributed by atoms with Crippen LogP contribution in [0.2, 0.25) is 0 Å². The van der Waals surface area contributed by atoms with Crippen LogP contribution in [0.25, 0.3) is 0 Å². The van der Waals surface area contributed by atoms with Crippen molar-refractivity contribution in [2.75, 3.05) is 31.1 Å². The number of alkyl carbamates (subject to hydrolysis) is 1. The van der Waals surface area contributed by atoms with E-state index in [1.54, 1.807) is 15.9 Å². The summed E-state index contributed by atoms with van der Waals surface area (Å²) in [5, 5.41) is 2.82. The molecule has 9 heteroatoms. The highest BCUT2D eigenvalue weighted by molar-refractivity contribution is 6.10. The van der Waals surface area contributed by atoms with E-state index in [1.165, 1.54) is 0 Å². The molecule has 4 amide bonds. The number of fused-ring (bicyclic) bond motifs is 3. The predicted octanol–water partition coefficient (Wildman–Crippen LogP) is 3.53. The second-order valence-corrected chi connectivity index (χ2v) is 11.3. The highest BCUT2D eigenvalue weighted by atomic mass is 16.6. The average molecular weight is 499 g/mol. The van der Waals surface area contributed by atoms with Gasteiger partial charge in [0.05, 0.1) is 11.3 Å². The number of hydrogen-bond acceptors (Lipinski definition) is 5. The number of ether oxygens (including phenoxy) is 1. The monoisotopic (exact) mass is 498 g/mol. The number of nitrogens with zero attached hydrogens (tertiary/aromatic N) is 3. The summed E-state index contributed by atoms with van der Waals surface area (Å²) in [6, 6.07) is 7.26. The molecule has 36 heavy (non-hydrogen) atoms. The van der Waals surface area contributed by atoms with Crippen molar-refractivity contribution in [2.45, 2.75) is 77.5 Å². The normalized spacial score (nSPS) is 23.9. The highest BCUT2D eigenvalue weighted by Crippen LogP contribution is 2.44. The van der Waals surface area contributed by atoms with E-state index >= 15 is 0 Å². The van der Waals surface area contributed by atoms with Crippen LogP contribution in [0.15, 0.2) is 24.3 Å². The van der Waals surface area contributed by atoms with E-state index in [0.717, 1.165) is 12.8 Å². The van der Waals surface area contributed by atoms with Gasteiger partial charge < -0.3 is 19.9 Å². The van der Waals surface area contributed by atoms with Gasteiger partial charge in [-0.2, -0.15) is 0 Å². The minimum absolute atomic E-state index is 0.0258. The van der Waals surface area contributed by atoms with E-state index in [0.29, 0.717) is 63.1 Å². The van der Waals surface area contributed by atoms with E-state index < -0.39 is 17.4 Å². The fourth-order valence-corrected chi connectivity index (χ4v) is 5.59. The molecule has 3 aliphatic heterocycles. The van der Waals surface area contributed by atoms with Crippen LogP contribution in [0, 0.1) is 5.92 Å². The zero-order valence-electron chi connectivity index (χ0n) is 21.8. The Labute approximate surface area is 213 Å². The number of rotatable bonds is 6. The van der Waals surface area contributed by atoms with Crippen LogP contribution in [-0.4, -0.2) is 71.1 Å². The molecule has 0 saturated carbocycles. The van der Waals surface area contributed by atoms with Gasteiger partial charge in [-0.05, 0) is 71.4 Å². The molecule has 0 radical (unpaired) electrons. The number of carbonyl (C=O) groups is 4. The molecule has 9 nitrogen and oxygen atoms in total. The molecule has 0 aromatic heterocycles. The molecule has 4 rings (SSSR count). The van der Waals surface area contributed by atoms with Crippen molar-refractivity contribution < 1.29 is 23.9 Å². The number of likely N-dealkylation sites (tertiary alicyclic amines) is 1. The number of nitrogens with one attached hydrogen (secondary N) is 1.